The third-order valence-corrected chi connectivity index (χ3v) is 2.34. The second kappa shape index (κ2) is 4.61. The van der Waals surface area contributed by atoms with E-state index < -0.39 is 0 Å². The molecule has 0 radical (unpaired) electrons. The van der Waals surface area contributed by atoms with Gasteiger partial charge in [-0.15, -0.1) is 0 Å². The lowest BCUT2D eigenvalue weighted by Crippen LogP contribution is -2.27. The summed E-state index contributed by atoms with van der Waals surface area (Å²) >= 11 is 0. The molecule has 0 spiro atoms. The van der Waals surface area contributed by atoms with E-state index in [0.29, 0.717) is 5.69 Å². The smallest absolute Gasteiger partial charge is 0.280 e. The normalized spacial score (nSPS) is 9.94. The quantitative estimate of drug-likeness (QED) is 0.846. The summed E-state index contributed by atoms with van der Waals surface area (Å²) in [5.74, 6) is -0.493. The number of rotatable bonds is 2. The molecule has 0 aromatic carbocycles. The van der Waals surface area contributed by atoms with Gasteiger partial charge in [-0.2, -0.15) is 0 Å². The Bertz CT molecular complexity index is 528. The van der Waals surface area contributed by atoms with E-state index in [2.05, 4.69) is 9.97 Å². The standard InChI is InChI=1S/C12H11N3O2/c1-15(9-4-7-13-8-5-9)12(17)11-10(16)3-2-6-14-11/h2-8,16H,1H3. The Morgan fingerprint density at radius 2 is 1.94 bits per heavy atom. The van der Waals surface area contributed by atoms with Crippen molar-refractivity contribution in [3.8, 4) is 5.75 Å². The summed E-state index contributed by atoms with van der Waals surface area (Å²) in [7, 11) is 1.62. The van der Waals surface area contributed by atoms with Crippen LogP contribution in [0.4, 0.5) is 5.69 Å². The lowest BCUT2D eigenvalue weighted by Gasteiger charge is -2.16. The molecule has 2 heterocycles. The van der Waals surface area contributed by atoms with Crippen molar-refractivity contribution in [2.24, 2.45) is 0 Å². The molecular formula is C12H11N3O2. The van der Waals surface area contributed by atoms with Crippen molar-refractivity contribution in [3.63, 3.8) is 0 Å². The summed E-state index contributed by atoms with van der Waals surface area (Å²) in [4.78, 5) is 21.2. The van der Waals surface area contributed by atoms with Crippen LogP contribution in [0.25, 0.3) is 0 Å². The predicted molar refractivity (Wildman–Crippen MR) is 62.9 cm³/mol. The number of nitrogens with zero attached hydrogens (tertiary/aromatic N) is 3. The first-order valence-corrected chi connectivity index (χ1v) is 5.02. The number of hydrogen-bond donors (Lipinski definition) is 1. The van der Waals surface area contributed by atoms with E-state index in [-0.39, 0.29) is 17.4 Å². The molecule has 0 aliphatic heterocycles. The van der Waals surface area contributed by atoms with Crippen LogP contribution in [0.2, 0.25) is 0 Å². The van der Waals surface area contributed by atoms with E-state index in [1.807, 2.05) is 0 Å². The van der Waals surface area contributed by atoms with Crippen LogP contribution in [0.3, 0.4) is 0 Å². The molecule has 0 unspecified atom stereocenters. The number of hydrogen-bond acceptors (Lipinski definition) is 4. The molecule has 2 aromatic heterocycles. The maximum atomic E-state index is 12.0. The molecule has 0 saturated carbocycles. The Morgan fingerprint density at radius 1 is 1.24 bits per heavy atom. The first-order valence-electron chi connectivity index (χ1n) is 5.02. The van der Waals surface area contributed by atoms with Crippen molar-refractivity contribution < 1.29 is 9.90 Å². The van der Waals surface area contributed by atoms with Gasteiger partial charge in [0.1, 0.15) is 5.75 Å². The molecule has 1 N–H and O–H groups in total. The fourth-order valence-electron chi connectivity index (χ4n) is 1.41. The third kappa shape index (κ3) is 2.23. The highest BCUT2D eigenvalue weighted by molar-refractivity contribution is 6.05. The molecule has 86 valence electrons. The molecular weight excluding hydrogens is 218 g/mol. The second-order valence-corrected chi connectivity index (χ2v) is 3.44. The molecule has 0 aliphatic rings. The lowest BCUT2D eigenvalue weighted by atomic mass is 10.2. The first kappa shape index (κ1) is 11.1. The van der Waals surface area contributed by atoms with Gasteiger partial charge in [-0.1, -0.05) is 0 Å². The molecule has 0 bridgehead atoms. The summed E-state index contributed by atoms with van der Waals surface area (Å²) in [5, 5.41) is 9.55. The van der Waals surface area contributed by atoms with Gasteiger partial charge in [0.15, 0.2) is 5.69 Å². The van der Waals surface area contributed by atoms with Crippen LogP contribution in [0, 0.1) is 0 Å². The molecule has 5 heteroatoms. The zero-order valence-corrected chi connectivity index (χ0v) is 9.24. The van der Waals surface area contributed by atoms with E-state index in [9.17, 15) is 9.90 Å². The Labute approximate surface area is 98.4 Å². The highest BCUT2D eigenvalue weighted by Gasteiger charge is 2.17. The number of carbonyl (C=O) groups is 1. The van der Waals surface area contributed by atoms with E-state index in [4.69, 9.17) is 0 Å². The number of carbonyl (C=O) groups excluding carboxylic acids is 1. The summed E-state index contributed by atoms with van der Waals surface area (Å²) in [6, 6.07) is 6.41. The predicted octanol–water partition coefficient (Wildman–Crippen LogP) is 1.46. The van der Waals surface area contributed by atoms with Crippen molar-refractivity contribution in [1.29, 1.82) is 0 Å². The van der Waals surface area contributed by atoms with Crippen LogP contribution in [0.5, 0.6) is 5.75 Å². The maximum absolute atomic E-state index is 12.0. The van der Waals surface area contributed by atoms with Crippen LogP contribution in [0.1, 0.15) is 10.5 Å². The van der Waals surface area contributed by atoms with E-state index in [0.717, 1.165) is 0 Å². The SMILES string of the molecule is CN(C(=O)c1ncccc1O)c1ccncc1. The minimum Gasteiger partial charge on any atom is -0.505 e. The topological polar surface area (TPSA) is 66.3 Å². The molecule has 0 atom stereocenters. The number of aromatic hydroxyl groups is 1. The van der Waals surface area contributed by atoms with Crippen molar-refractivity contribution in [2.75, 3.05) is 11.9 Å². The highest BCUT2D eigenvalue weighted by atomic mass is 16.3. The average Bonchev–Trinajstić information content (AvgIpc) is 2.39. The maximum Gasteiger partial charge on any atom is 0.280 e. The van der Waals surface area contributed by atoms with Gasteiger partial charge < -0.3 is 10.0 Å². The van der Waals surface area contributed by atoms with Gasteiger partial charge in [0, 0.05) is 31.3 Å². The van der Waals surface area contributed by atoms with Gasteiger partial charge in [0.2, 0.25) is 0 Å². The molecule has 2 rings (SSSR count). The van der Waals surface area contributed by atoms with E-state index >= 15 is 0 Å². The lowest BCUT2D eigenvalue weighted by molar-refractivity contribution is 0.0985. The van der Waals surface area contributed by atoms with E-state index in [1.54, 1.807) is 37.6 Å². The molecule has 1 amide bonds. The Hall–Kier alpha value is -2.43. The molecule has 17 heavy (non-hydrogen) atoms. The van der Waals surface area contributed by atoms with Gasteiger partial charge in [-0.05, 0) is 24.3 Å². The third-order valence-electron chi connectivity index (χ3n) is 2.34. The number of pyridine rings is 2. The van der Waals surface area contributed by atoms with Crippen LogP contribution in [-0.2, 0) is 0 Å². The van der Waals surface area contributed by atoms with Crippen molar-refractivity contribution in [2.45, 2.75) is 0 Å². The van der Waals surface area contributed by atoms with Crippen LogP contribution in [-0.4, -0.2) is 28.0 Å². The largest absolute Gasteiger partial charge is 0.505 e. The Kier molecular flexibility index (Phi) is 3.00. The monoisotopic (exact) mass is 229 g/mol. The van der Waals surface area contributed by atoms with Gasteiger partial charge in [-0.3, -0.25) is 9.78 Å². The van der Waals surface area contributed by atoms with Gasteiger partial charge in [0.05, 0.1) is 0 Å². The molecule has 2 aromatic rings. The van der Waals surface area contributed by atoms with Crippen molar-refractivity contribution >= 4 is 11.6 Å². The second-order valence-electron chi connectivity index (χ2n) is 3.44. The first-order chi connectivity index (χ1) is 8.20. The Balaban J connectivity index is 2.30. The Morgan fingerprint density at radius 3 is 2.59 bits per heavy atom. The van der Waals surface area contributed by atoms with Gasteiger partial charge in [-0.25, -0.2) is 4.98 Å². The zero-order chi connectivity index (χ0) is 12.3. The summed E-state index contributed by atoms with van der Waals surface area (Å²) in [5.41, 5.74) is 0.724. The molecule has 0 fully saturated rings. The minimum atomic E-state index is -0.366. The number of aromatic nitrogens is 2. The van der Waals surface area contributed by atoms with Crippen LogP contribution >= 0.6 is 0 Å². The van der Waals surface area contributed by atoms with Crippen LogP contribution in [0.15, 0.2) is 42.9 Å². The number of anilines is 1. The van der Waals surface area contributed by atoms with Crippen molar-refractivity contribution in [3.05, 3.63) is 48.5 Å². The average molecular weight is 229 g/mol. The molecule has 5 nitrogen and oxygen atoms in total. The van der Waals surface area contributed by atoms with E-state index in [1.165, 1.54) is 17.2 Å². The summed E-state index contributed by atoms with van der Waals surface area (Å²) in [6.45, 7) is 0. The fourth-order valence-corrected chi connectivity index (χ4v) is 1.41. The minimum absolute atomic E-state index is 0.0341. The van der Waals surface area contributed by atoms with Gasteiger partial charge in [0.25, 0.3) is 5.91 Å². The highest BCUT2D eigenvalue weighted by Crippen LogP contribution is 2.18. The summed E-state index contributed by atoms with van der Waals surface area (Å²) < 4.78 is 0. The van der Waals surface area contributed by atoms with Gasteiger partial charge >= 0.3 is 0 Å². The fraction of sp³-hybridized carbons (Fsp3) is 0.0833. The number of amides is 1. The molecule has 0 aliphatic carbocycles. The van der Waals surface area contributed by atoms with Crippen LogP contribution < -0.4 is 4.90 Å². The zero-order valence-electron chi connectivity index (χ0n) is 9.24. The summed E-state index contributed by atoms with van der Waals surface area (Å²) in [6.07, 6.45) is 4.65. The molecule has 0 saturated heterocycles. The van der Waals surface area contributed by atoms with Crippen molar-refractivity contribution in [1.82, 2.24) is 9.97 Å².